The standard InChI is InChI=1S/C17H14ClN3O2/c1-12(14-4-6-15(18)7-5-14)20-21-17(22)11-23-16-8-2-13(10-19)3-9-16/h2-9H,11H2,1H3,(H,21,22). The third-order valence-electron chi connectivity index (χ3n) is 2.96. The van der Waals surface area contributed by atoms with Gasteiger partial charge in [-0.15, -0.1) is 0 Å². The van der Waals surface area contributed by atoms with Crippen molar-refractivity contribution in [3.8, 4) is 11.8 Å². The minimum atomic E-state index is -0.373. The Bertz CT molecular complexity index is 747. The summed E-state index contributed by atoms with van der Waals surface area (Å²) in [5.41, 5.74) is 4.48. The van der Waals surface area contributed by atoms with E-state index in [1.807, 2.05) is 18.2 Å². The van der Waals surface area contributed by atoms with Gasteiger partial charge >= 0.3 is 0 Å². The fourth-order valence-corrected chi connectivity index (χ4v) is 1.83. The zero-order valence-corrected chi connectivity index (χ0v) is 13.2. The van der Waals surface area contributed by atoms with Crippen molar-refractivity contribution in [2.75, 3.05) is 6.61 Å². The van der Waals surface area contributed by atoms with Crippen LogP contribution in [0.25, 0.3) is 0 Å². The number of ether oxygens (including phenoxy) is 1. The molecule has 2 aromatic rings. The van der Waals surface area contributed by atoms with E-state index in [0.29, 0.717) is 22.0 Å². The van der Waals surface area contributed by atoms with Crippen LogP contribution in [-0.4, -0.2) is 18.2 Å². The molecule has 0 bridgehead atoms. The number of halogens is 1. The van der Waals surface area contributed by atoms with Crippen molar-refractivity contribution in [3.05, 3.63) is 64.7 Å². The number of rotatable bonds is 5. The molecule has 0 fully saturated rings. The molecule has 0 spiro atoms. The lowest BCUT2D eigenvalue weighted by atomic mass is 10.1. The summed E-state index contributed by atoms with van der Waals surface area (Å²) in [5.74, 6) is 0.139. The summed E-state index contributed by atoms with van der Waals surface area (Å²) in [6.45, 7) is 1.62. The first kappa shape index (κ1) is 16.5. The molecule has 23 heavy (non-hydrogen) atoms. The van der Waals surface area contributed by atoms with Gasteiger partial charge in [-0.05, 0) is 48.9 Å². The molecule has 0 saturated carbocycles. The second-order valence-corrected chi connectivity index (χ2v) is 5.10. The van der Waals surface area contributed by atoms with Crippen LogP contribution in [0.4, 0.5) is 0 Å². The van der Waals surface area contributed by atoms with Crippen LogP contribution < -0.4 is 10.2 Å². The second-order valence-electron chi connectivity index (χ2n) is 4.66. The van der Waals surface area contributed by atoms with Gasteiger partial charge in [0.15, 0.2) is 6.61 Å². The Balaban J connectivity index is 1.85. The Hall–Kier alpha value is -2.84. The molecular weight excluding hydrogens is 314 g/mol. The Morgan fingerprint density at radius 1 is 1.22 bits per heavy atom. The first-order chi connectivity index (χ1) is 11.1. The molecule has 0 aliphatic carbocycles. The molecule has 6 heteroatoms. The fraction of sp³-hybridized carbons (Fsp3) is 0.118. The molecule has 0 aliphatic rings. The minimum Gasteiger partial charge on any atom is -0.484 e. The summed E-state index contributed by atoms with van der Waals surface area (Å²) in [7, 11) is 0. The molecule has 0 radical (unpaired) electrons. The van der Waals surface area contributed by atoms with Crippen LogP contribution in [-0.2, 0) is 4.79 Å². The molecule has 1 amide bonds. The molecule has 0 unspecified atom stereocenters. The number of hydrazone groups is 1. The number of benzene rings is 2. The summed E-state index contributed by atoms with van der Waals surface area (Å²) in [6.07, 6.45) is 0. The lowest BCUT2D eigenvalue weighted by Gasteiger charge is -2.06. The van der Waals surface area contributed by atoms with Crippen LogP contribution in [0, 0.1) is 11.3 Å². The number of hydrogen-bond donors (Lipinski definition) is 1. The van der Waals surface area contributed by atoms with Gasteiger partial charge in [0.05, 0.1) is 17.3 Å². The lowest BCUT2D eigenvalue weighted by molar-refractivity contribution is -0.123. The molecule has 0 aliphatic heterocycles. The molecular formula is C17H14ClN3O2. The molecule has 0 saturated heterocycles. The summed E-state index contributed by atoms with van der Waals surface area (Å²) >= 11 is 5.82. The summed E-state index contributed by atoms with van der Waals surface area (Å²) in [5, 5.41) is 13.4. The molecule has 0 atom stereocenters. The number of nitrogens with zero attached hydrogens (tertiary/aromatic N) is 2. The molecule has 2 rings (SSSR count). The van der Waals surface area contributed by atoms with Crippen LogP contribution >= 0.6 is 11.6 Å². The highest BCUT2D eigenvalue weighted by Gasteiger charge is 2.03. The molecule has 116 valence electrons. The van der Waals surface area contributed by atoms with Gasteiger partial charge in [0, 0.05) is 5.02 Å². The van der Waals surface area contributed by atoms with E-state index in [4.69, 9.17) is 21.6 Å². The topological polar surface area (TPSA) is 74.5 Å². The van der Waals surface area contributed by atoms with E-state index in [1.54, 1.807) is 43.3 Å². The van der Waals surface area contributed by atoms with Crippen LogP contribution in [0.1, 0.15) is 18.1 Å². The van der Waals surface area contributed by atoms with Crippen molar-refractivity contribution in [2.24, 2.45) is 5.10 Å². The lowest BCUT2D eigenvalue weighted by Crippen LogP contribution is -2.25. The quantitative estimate of drug-likeness (QED) is 0.677. The van der Waals surface area contributed by atoms with Crippen LogP contribution in [0.2, 0.25) is 5.02 Å². The number of amides is 1. The van der Waals surface area contributed by atoms with Gasteiger partial charge < -0.3 is 4.74 Å². The summed E-state index contributed by atoms with van der Waals surface area (Å²) in [4.78, 5) is 11.7. The van der Waals surface area contributed by atoms with Gasteiger partial charge in [0.1, 0.15) is 5.75 Å². The van der Waals surface area contributed by atoms with E-state index < -0.39 is 0 Å². The highest BCUT2D eigenvalue weighted by atomic mass is 35.5. The second kappa shape index (κ2) is 7.97. The monoisotopic (exact) mass is 327 g/mol. The largest absolute Gasteiger partial charge is 0.484 e. The van der Waals surface area contributed by atoms with Crippen LogP contribution in [0.3, 0.4) is 0 Å². The highest BCUT2D eigenvalue weighted by molar-refractivity contribution is 6.30. The molecule has 2 aromatic carbocycles. The SMILES string of the molecule is CC(=NNC(=O)COc1ccc(C#N)cc1)c1ccc(Cl)cc1. The van der Waals surface area contributed by atoms with Crippen LogP contribution in [0.15, 0.2) is 53.6 Å². The molecule has 0 aromatic heterocycles. The Morgan fingerprint density at radius 3 is 2.48 bits per heavy atom. The molecule has 5 nitrogen and oxygen atoms in total. The van der Waals surface area contributed by atoms with Crippen molar-refractivity contribution in [2.45, 2.75) is 6.92 Å². The zero-order chi connectivity index (χ0) is 16.7. The van der Waals surface area contributed by atoms with Crippen LogP contribution in [0.5, 0.6) is 5.75 Å². The van der Waals surface area contributed by atoms with Crippen molar-refractivity contribution >= 4 is 23.2 Å². The minimum absolute atomic E-state index is 0.163. The first-order valence-electron chi connectivity index (χ1n) is 6.80. The van der Waals surface area contributed by atoms with E-state index in [1.165, 1.54) is 0 Å². The molecule has 1 N–H and O–H groups in total. The van der Waals surface area contributed by atoms with Crippen molar-refractivity contribution in [1.82, 2.24) is 5.43 Å². The van der Waals surface area contributed by atoms with E-state index in [0.717, 1.165) is 5.56 Å². The Morgan fingerprint density at radius 2 is 1.87 bits per heavy atom. The van der Waals surface area contributed by atoms with E-state index in [9.17, 15) is 4.79 Å². The maximum absolute atomic E-state index is 11.7. The van der Waals surface area contributed by atoms with Crippen molar-refractivity contribution in [3.63, 3.8) is 0 Å². The zero-order valence-electron chi connectivity index (χ0n) is 12.4. The number of carbonyl (C=O) groups excluding carboxylic acids is 1. The number of carbonyl (C=O) groups is 1. The Kier molecular flexibility index (Phi) is 5.73. The van der Waals surface area contributed by atoms with Gasteiger partial charge in [-0.1, -0.05) is 23.7 Å². The average Bonchev–Trinajstić information content (AvgIpc) is 2.59. The van der Waals surface area contributed by atoms with E-state index in [2.05, 4.69) is 10.5 Å². The highest BCUT2D eigenvalue weighted by Crippen LogP contribution is 2.11. The van der Waals surface area contributed by atoms with Gasteiger partial charge in [-0.25, -0.2) is 5.43 Å². The third-order valence-corrected chi connectivity index (χ3v) is 3.22. The first-order valence-corrected chi connectivity index (χ1v) is 7.18. The normalized spacial score (nSPS) is 10.7. The predicted octanol–water partition coefficient (Wildman–Crippen LogP) is 3.13. The smallest absolute Gasteiger partial charge is 0.277 e. The van der Waals surface area contributed by atoms with Gasteiger partial charge in [-0.2, -0.15) is 10.4 Å². The average molecular weight is 328 g/mol. The number of nitriles is 1. The third kappa shape index (κ3) is 5.13. The Labute approximate surface area is 139 Å². The number of hydrogen-bond acceptors (Lipinski definition) is 4. The van der Waals surface area contributed by atoms with Gasteiger partial charge in [0.25, 0.3) is 5.91 Å². The maximum Gasteiger partial charge on any atom is 0.277 e. The number of nitrogens with one attached hydrogen (secondary N) is 1. The summed E-state index contributed by atoms with van der Waals surface area (Å²) in [6, 6.07) is 15.7. The molecule has 0 heterocycles. The van der Waals surface area contributed by atoms with E-state index >= 15 is 0 Å². The predicted molar refractivity (Wildman–Crippen MR) is 88.5 cm³/mol. The van der Waals surface area contributed by atoms with Crippen molar-refractivity contribution in [1.29, 1.82) is 5.26 Å². The van der Waals surface area contributed by atoms with Crippen molar-refractivity contribution < 1.29 is 9.53 Å². The van der Waals surface area contributed by atoms with Gasteiger partial charge in [0.2, 0.25) is 0 Å². The van der Waals surface area contributed by atoms with Gasteiger partial charge in [-0.3, -0.25) is 4.79 Å². The van der Waals surface area contributed by atoms with E-state index in [-0.39, 0.29) is 12.5 Å². The fourth-order valence-electron chi connectivity index (χ4n) is 1.71. The maximum atomic E-state index is 11.7. The summed E-state index contributed by atoms with van der Waals surface area (Å²) < 4.78 is 5.31.